The van der Waals surface area contributed by atoms with Crippen molar-refractivity contribution in [3.05, 3.63) is 22.2 Å². The van der Waals surface area contributed by atoms with Gasteiger partial charge in [0.15, 0.2) is 0 Å². The lowest BCUT2D eigenvalue weighted by molar-refractivity contribution is -0.136. The number of rotatable bonds is 1. The molecular weight excluding hydrogens is 222 g/mol. The molecule has 70 valence electrons. The van der Waals surface area contributed by atoms with Crippen molar-refractivity contribution in [3.8, 4) is 0 Å². The Kier molecular flexibility index (Phi) is 10.7. The first kappa shape index (κ1) is 14.3. The van der Waals surface area contributed by atoms with Gasteiger partial charge in [-0.3, -0.25) is 0 Å². The van der Waals surface area contributed by atoms with Crippen LogP contribution in [0.15, 0.2) is 22.2 Å². The molecule has 0 radical (unpaired) electrons. The maximum Gasteiger partial charge on any atom is 0.332 e. The van der Waals surface area contributed by atoms with Crippen LogP contribution in [-0.2, 0) is 9.53 Å². The Labute approximate surface area is 86.7 Å². The summed E-state index contributed by atoms with van der Waals surface area (Å²) in [6.45, 7) is 4.95. The Balaban J connectivity index is 0. The van der Waals surface area contributed by atoms with E-state index in [4.69, 9.17) is 34.8 Å². The van der Waals surface area contributed by atoms with Crippen LogP contribution < -0.4 is 0 Å². The lowest BCUT2D eigenvalue weighted by atomic mass is 10.4. The Hall–Kier alpha value is -0.180. The molecule has 0 unspecified atom stereocenters. The van der Waals surface area contributed by atoms with Gasteiger partial charge in [0, 0.05) is 11.1 Å². The topological polar surface area (TPSA) is 26.3 Å². The predicted octanol–water partition coefficient (Wildman–Crippen LogP) is 3.24. The third kappa shape index (κ3) is 12.5. The largest absolute Gasteiger partial charge is 0.466 e. The van der Waals surface area contributed by atoms with Crippen molar-refractivity contribution in [2.45, 2.75) is 6.92 Å². The summed E-state index contributed by atoms with van der Waals surface area (Å²) in [4.78, 5) is 10.2. The molecule has 12 heavy (non-hydrogen) atoms. The zero-order valence-corrected chi connectivity index (χ0v) is 9.00. The standard InChI is InChI=1S/C5H8O2.C2HCl3/c1-4(2)5(6)7-3;3-1-2(4)5/h1H2,2-3H3;1H. The first-order valence-corrected chi connectivity index (χ1v) is 4.00. The molecule has 0 rings (SSSR count). The maximum absolute atomic E-state index is 10.2. The molecule has 0 aromatic carbocycles. The van der Waals surface area contributed by atoms with E-state index in [0.29, 0.717) is 5.57 Å². The Morgan fingerprint density at radius 3 is 1.83 bits per heavy atom. The highest BCUT2D eigenvalue weighted by atomic mass is 35.5. The third-order valence-electron chi connectivity index (χ3n) is 0.616. The minimum atomic E-state index is -0.347. The molecule has 0 saturated carbocycles. The van der Waals surface area contributed by atoms with Gasteiger partial charge in [-0.05, 0) is 6.92 Å². The monoisotopic (exact) mass is 230 g/mol. The first-order chi connectivity index (χ1) is 5.45. The number of carbonyl (C=O) groups excluding carboxylic acids is 1. The Morgan fingerprint density at radius 1 is 1.50 bits per heavy atom. The van der Waals surface area contributed by atoms with Gasteiger partial charge < -0.3 is 4.74 Å². The van der Waals surface area contributed by atoms with Crippen LogP contribution in [0.3, 0.4) is 0 Å². The van der Waals surface area contributed by atoms with Crippen molar-refractivity contribution in [3.63, 3.8) is 0 Å². The highest BCUT2D eigenvalue weighted by Crippen LogP contribution is 2.05. The van der Waals surface area contributed by atoms with Crippen molar-refractivity contribution in [2.75, 3.05) is 7.11 Å². The molecule has 0 bridgehead atoms. The van der Waals surface area contributed by atoms with Crippen molar-refractivity contribution in [1.82, 2.24) is 0 Å². The number of ether oxygens (including phenoxy) is 1. The number of hydrogen-bond donors (Lipinski definition) is 0. The van der Waals surface area contributed by atoms with E-state index in [1.54, 1.807) is 6.92 Å². The summed E-state index contributed by atoms with van der Waals surface area (Å²) in [7, 11) is 1.33. The third-order valence-corrected chi connectivity index (χ3v) is 1.28. The number of halogens is 3. The molecule has 0 aliphatic carbocycles. The summed E-state index contributed by atoms with van der Waals surface area (Å²) in [5, 5.41) is 0. The summed E-state index contributed by atoms with van der Waals surface area (Å²) in [5.74, 6) is -0.347. The van der Waals surface area contributed by atoms with Crippen LogP contribution in [0.1, 0.15) is 6.92 Å². The molecule has 0 aliphatic heterocycles. The molecule has 0 fully saturated rings. The second-order valence-corrected chi connectivity index (χ2v) is 2.90. The minimum absolute atomic E-state index is 0.0895. The average Bonchev–Trinajstić information content (AvgIpc) is 2.04. The second-order valence-electron chi connectivity index (χ2n) is 1.67. The molecule has 0 atom stereocenters. The summed E-state index contributed by atoms with van der Waals surface area (Å²) < 4.78 is 4.36. The van der Waals surface area contributed by atoms with Crippen LogP contribution in [0.4, 0.5) is 0 Å². The normalized spacial score (nSPS) is 7.42. The van der Waals surface area contributed by atoms with Gasteiger partial charge in [-0.25, -0.2) is 4.79 Å². The summed E-state index contributed by atoms with van der Waals surface area (Å²) in [5.41, 5.74) is 1.52. The average molecular weight is 232 g/mol. The van der Waals surface area contributed by atoms with Crippen molar-refractivity contribution in [2.24, 2.45) is 0 Å². The van der Waals surface area contributed by atoms with Crippen LogP contribution in [0.25, 0.3) is 0 Å². The van der Waals surface area contributed by atoms with Crippen LogP contribution in [0.5, 0.6) is 0 Å². The first-order valence-electron chi connectivity index (χ1n) is 2.80. The van der Waals surface area contributed by atoms with Gasteiger partial charge in [0.05, 0.1) is 7.11 Å². The lowest BCUT2D eigenvalue weighted by Crippen LogP contribution is -1.98. The van der Waals surface area contributed by atoms with Crippen LogP contribution in [-0.4, -0.2) is 13.1 Å². The van der Waals surface area contributed by atoms with Crippen LogP contribution >= 0.6 is 34.8 Å². The van der Waals surface area contributed by atoms with E-state index in [-0.39, 0.29) is 10.5 Å². The zero-order chi connectivity index (χ0) is 10.1. The number of hydrogen-bond acceptors (Lipinski definition) is 2. The molecule has 0 aliphatic rings. The quantitative estimate of drug-likeness (QED) is 0.511. The smallest absolute Gasteiger partial charge is 0.332 e. The lowest BCUT2D eigenvalue weighted by Gasteiger charge is -1.91. The Morgan fingerprint density at radius 2 is 1.83 bits per heavy atom. The van der Waals surface area contributed by atoms with Crippen LogP contribution in [0.2, 0.25) is 0 Å². The molecule has 0 N–H and O–H groups in total. The van der Waals surface area contributed by atoms with Crippen LogP contribution in [0, 0.1) is 0 Å². The summed E-state index contributed by atoms with van der Waals surface area (Å²) in [6.07, 6.45) is 0. The zero-order valence-electron chi connectivity index (χ0n) is 6.73. The highest BCUT2D eigenvalue weighted by molar-refractivity contribution is 6.58. The second kappa shape index (κ2) is 8.91. The van der Waals surface area contributed by atoms with E-state index in [2.05, 4.69) is 11.3 Å². The van der Waals surface area contributed by atoms with E-state index in [0.717, 1.165) is 5.54 Å². The van der Waals surface area contributed by atoms with E-state index in [9.17, 15) is 4.79 Å². The van der Waals surface area contributed by atoms with E-state index >= 15 is 0 Å². The molecule has 5 heteroatoms. The van der Waals surface area contributed by atoms with E-state index < -0.39 is 0 Å². The summed E-state index contributed by atoms with van der Waals surface area (Å²) >= 11 is 14.8. The fourth-order valence-corrected chi connectivity index (χ4v) is 0.174. The van der Waals surface area contributed by atoms with Crippen molar-refractivity contribution < 1.29 is 9.53 Å². The molecule has 0 spiro atoms. The Bertz CT molecular complexity index is 183. The maximum atomic E-state index is 10.2. The van der Waals surface area contributed by atoms with Gasteiger partial charge in [0.1, 0.15) is 4.49 Å². The fraction of sp³-hybridized carbons (Fsp3) is 0.286. The fourth-order valence-electron chi connectivity index (χ4n) is 0.174. The minimum Gasteiger partial charge on any atom is -0.466 e. The van der Waals surface area contributed by atoms with E-state index in [1.807, 2.05) is 0 Å². The molecule has 0 amide bonds. The van der Waals surface area contributed by atoms with Crippen molar-refractivity contribution in [1.29, 1.82) is 0 Å². The van der Waals surface area contributed by atoms with Gasteiger partial charge >= 0.3 is 5.97 Å². The molecule has 0 aromatic rings. The van der Waals surface area contributed by atoms with Crippen molar-refractivity contribution >= 4 is 40.8 Å². The van der Waals surface area contributed by atoms with Gasteiger partial charge in [0.25, 0.3) is 0 Å². The van der Waals surface area contributed by atoms with Gasteiger partial charge in [-0.2, -0.15) is 0 Å². The molecule has 2 nitrogen and oxygen atoms in total. The number of esters is 1. The van der Waals surface area contributed by atoms with Gasteiger partial charge in [0.2, 0.25) is 0 Å². The number of methoxy groups -OCH3 is 1. The number of carbonyl (C=O) groups is 1. The van der Waals surface area contributed by atoms with Gasteiger partial charge in [-0.15, -0.1) is 0 Å². The predicted molar refractivity (Wildman–Crippen MR) is 52.5 cm³/mol. The molecule has 0 heterocycles. The molecule has 0 saturated heterocycles. The SMILES string of the molecule is C=C(C)C(=O)OC.ClC=C(Cl)Cl. The molecular formula is C7H9Cl3O2. The van der Waals surface area contributed by atoms with Gasteiger partial charge in [-0.1, -0.05) is 41.4 Å². The summed E-state index contributed by atoms with van der Waals surface area (Å²) in [6, 6.07) is 0. The highest BCUT2D eigenvalue weighted by Gasteiger charge is 1.95. The van der Waals surface area contributed by atoms with E-state index in [1.165, 1.54) is 7.11 Å². The molecule has 0 aromatic heterocycles.